The van der Waals surface area contributed by atoms with E-state index in [9.17, 15) is 9.59 Å². The first-order valence-electron chi connectivity index (χ1n) is 4.86. The van der Waals surface area contributed by atoms with Crippen molar-refractivity contribution in [1.29, 1.82) is 0 Å². The van der Waals surface area contributed by atoms with Crippen molar-refractivity contribution in [3.05, 3.63) is 17.8 Å². The Labute approximate surface area is 92.9 Å². The summed E-state index contributed by atoms with van der Waals surface area (Å²) in [6.45, 7) is 4.77. The van der Waals surface area contributed by atoms with Crippen molar-refractivity contribution >= 4 is 11.9 Å². The molecule has 0 atom stereocenters. The molecule has 1 amide bonds. The van der Waals surface area contributed by atoms with Gasteiger partial charge >= 0.3 is 5.97 Å². The normalized spacial score (nSPS) is 10.5. The summed E-state index contributed by atoms with van der Waals surface area (Å²) >= 11 is 0. The number of aromatic nitrogens is 1. The van der Waals surface area contributed by atoms with Crippen molar-refractivity contribution in [1.82, 2.24) is 9.88 Å². The van der Waals surface area contributed by atoms with Crippen LogP contribution in [0.1, 0.15) is 30.1 Å². The number of oxazole rings is 1. The van der Waals surface area contributed by atoms with Crippen LogP contribution < -0.4 is 0 Å². The second-order valence-electron chi connectivity index (χ2n) is 3.69. The summed E-state index contributed by atoms with van der Waals surface area (Å²) < 4.78 is 4.94. The Hall–Kier alpha value is -1.85. The number of hydrogen-bond acceptors (Lipinski definition) is 4. The Morgan fingerprint density at radius 3 is 2.56 bits per heavy atom. The van der Waals surface area contributed by atoms with Crippen LogP contribution >= 0.6 is 0 Å². The van der Waals surface area contributed by atoms with Crippen molar-refractivity contribution in [2.24, 2.45) is 0 Å². The van der Waals surface area contributed by atoms with Gasteiger partial charge in [-0.25, -0.2) is 4.98 Å². The number of rotatable bonds is 4. The molecule has 88 valence electrons. The number of nitrogens with zero attached hydrogens (tertiary/aromatic N) is 2. The topological polar surface area (TPSA) is 83.6 Å². The molecule has 0 saturated carbocycles. The molecule has 1 rings (SSSR count). The lowest BCUT2D eigenvalue weighted by Crippen LogP contribution is -2.40. The minimum absolute atomic E-state index is 0.0925. The van der Waals surface area contributed by atoms with Gasteiger partial charge in [0.15, 0.2) is 6.39 Å². The minimum atomic E-state index is -1.06. The van der Waals surface area contributed by atoms with Gasteiger partial charge in [0.2, 0.25) is 5.76 Å². The maximum absolute atomic E-state index is 11.9. The predicted octanol–water partition coefficient (Wildman–Crippen LogP) is 0.918. The van der Waals surface area contributed by atoms with E-state index in [1.54, 1.807) is 20.8 Å². The predicted molar refractivity (Wildman–Crippen MR) is 55.0 cm³/mol. The van der Waals surface area contributed by atoms with Crippen LogP contribution in [-0.4, -0.2) is 39.5 Å². The van der Waals surface area contributed by atoms with Gasteiger partial charge < -0.3 is 14.4 Å². The van der Waals surface area contributed by atoms with Crippen molar-refractivity contribution in [3.8, 4) is 0 Å². The van der Waals surface area contributed by atoms with E-state index in [2.05, 4.69) is 4.98 Å². The van der Waals surface area contributed by atoms with Gasteiger partial charge in [-0.2, -0.15) is 0 Å². The molecule has 0 aliphatic carbocycles. The molecule has 0 bridgehead atoms. The van der Waals surface area contributed by atoms with Crippen LogP contribution in [0, 0.1) is 6.92 Å². The first kappa shape index (κ1) is 12.2. The largest absolute Gasteiger partial charge is 0.480 e. The first-order valence-corrected chi connectivity index (χ1v) is 4.86. The summed E-state index contributed by atoms with van der Waals surface area (Å²) in [4.78, 5) is 27.6. The summed E-state index contributed by atoms with van der Waals surface area (Å²) in [6.07, 6.45) is 1.17. The Balaban J connectivity index is 2.92. The lowest BCUT2D eigenvalue weighted by molar-refractivity contribution is -0.138. The van der Waals surface area contributed by atoms with Crippen LogP contribution in [-0.2, 0) is 4.79 Å². The van der Waals surface area contributed by atoms with E-state index < -0.39 is 11.9 Å². The van der Waals surface area contributed by atoms with Crippen molar-refractivity contribution in [2.45, 2.75) is 26.8 Å². The highest BCUT2D eigenvalue weighted by atomic mass is 16.4. The third kappa shape index (κ3) is 2.59. The fraction of sp³-hybridized carbons (Fsp3) is 0.500. The van der Waals surface area contributed by atoms with Gasteiger partial charge in [0.1, 0.15) is 6.54 Å². The van der Waals surface area contributed by atoms with E-state index in [1.165, 1.54) is 11.3 Å². The average molecular weight is 226 g/mol. The molecule has 0 unspecified atom stereocenters. The van der Waals surface area contributed by atoms with Crippen LogP contribution in [0.3, 0.4) is 0 Å². The molecular weight excluding hydrogens is 212 g/mol. The van der Waals surface area contributed by atoms with Crippen LogP contribution in [0.25, 0.3) is 0 Å². The zero-order chi connectivity index (χ0) is 12.3. The van der Waals surface area contributed by atoms with Crippen molar-refractivity contribution < 1.29 is 19.1 Å². The Kier molecular flexibility index (Phi) is 3.65. The monoisotopic (exact) mass is 226 g/mol. The molecule has 6 heteroatoms. The van der Waals surface area contributed by atoms with Crippen molar-refractivity contribution in [2.75, 3.05) is 6.54 Å². The van der Waals surface area contributed by atoms with Gasteiger partial charge in [-0.05, 0) is 20.8 Å². The zero-order valence-electron chi connectivity index (χ0n) is 9.43. The molecule has 6 nitrogen and oxygen atoms in total. The Morgan fingerprint density at radius 1 is 1.56 bits per heavy atom. The highest BCUT2D eigenvalue weighted by molar-refractivity contribution is 5.94. The lowest BCUT2D eigenvalue weighted by atomic mass is 10.2. The van der Waals surface area contributed by atoms with E-state index >= 15 is 0 Å². The molecule has 0 aromatic carbocycles. The smallest absolute Gasteiger partial charge is 0.323 e. The number of carbonyl (C=O) groups is 2. The second kappa shape index (κ2) is 4.78. The zero-order valence-corrected chi connectivity index (χ0v) is 9.43. The lowest BCUT2D eigenvalue weighted by Gasteiger charge is -2.23. The van der Waals surface area contributed by atoms with Crippen molar-refractivity contribution in [3.63, 3.8) is 0 Å². The molecule has 0 radical (unpaired) electrons. The third-order valence-electron chi connectivity index (χ3n) is 2.13. The summed E-state index contributed by atoms with van der Waals surface area (Å²) in [7, 11) is 0. The summed E-state index contributed by atoms with van der Waals surface area (Å²) in [5.74, 6) is -1.42. The Morgan fingerprint density at radius 2 is 2.19 bits per heavy atom. The molecule has 1 aromatic rings. The molecular formula is C10H14N2O4. The van der Waals surface area contributed by atoms with Gasteiger partial charge in [-0.3, -0.25) is 9.59 Å². The van der Waals surface area contributed by atoms with E-state index in [1.807, 2.05) is 0 Å². The van der Waals surface area contributed by atoms with Gasteiger partial charge in [0.05, 0.1) is 5.69 Å². The fourth-order valence-electron chi connectivity index (χ4n) is 1.27. The maximum atomic E-state index is 11.9. The maximum Gasteiger partial charge on any atom is 0.323 e. The molecule has 1 aromatic heterocycles. The summed E-state index contributed by atoms with van der Waals surface area (Å²) in [5, 5.41) is 8.71. The highest BCUT2D eigenvalue weighted by Gasteiger charge is 2.25. The molecule has 0 spiro atoms. The first-order chi connectivity index (χ1) is 7.43. The third-order valence-corrected chi connectivity index (χ3v) is 2.13. The van der Waals surface area contributed by atoms with Crippen LogP contribution in [0.2, 0.25) is 0 Å². The Bertz CT molecular complexity index is 397. The molecule has 0 saturated heterocycles. The number of carbonyl (C=O) groups excluding carboxylic acids is 1. The van der Waals surface area contributed by atoms with Crippen LogP contribution in [0.5, 0.6) is 0 Å². The number of hydrogen-bond donors (Lipinski definition) is 1. The second-order valence-corrected chi connectivity index (χ2v) is 3.69. The van der Waals surface area contributed by atoms with E-state index in [0.29, 0.717) is 5.69 Å². The van der Waals surface area contributed by atoms with E-state index in [4.69, 9.17) is 9.52 Å². The van der Waals surface area contributed by atoms with Gasteiger partial charge in [0, 0.05) is 6.04 Å². The van der Waals surface area contributed by atoms with Gasteiger partial charge in [-0.1, -0.05) is 0 Å². The summed E-state index contributed by atoms with van der Waals surface area (Å²) in [5.41, 5.74) is 0.459. The number of aryl methyl sites for hydroxylation is 1. The quantitative estimate of drug-likeness (QED) is 0.825. The molecule has 1 N–H and O–H groups in total. The standard InChI is InChI=1S/C10H14N2O4/c1-6(2)12(4-8(13)14)10(15)9-7(3)11-5-16-9/h5-6H,4H2,1-3H3,(H,13,14). The van der Waals surface area contributed by atoms with Gasteiger partial charge in [0.25, 0.3) is 5.91 Å². The number of aliphatic carboxylic acids is 1. The van der Waals surface area contributed by atoms with E-state index in [-0.39, 0.29) is 18.3 Å². The van der Waals surface area contributed by atoms with Crippen LogP contribution in [0.4, 0.5) is 0 Å². The molecule has 0 aliphatic heterocycles. The average Bonchev–Trinajstić information content (AvgIpc) is 2.59. The van der Waals surface area contributed by atoms with E-state index in [0.717, 1.165) is 0 Å². The minimum Gasteiger partial charge on any atom is -0.480 e. The molecule has 0 fully saturated rings. The fourth-order valence-corrected chi connectivity index (χ4v) is 1.27. The highest BCUT2D eigenvalue weighted by Crippen LogP contribution is 2.11. The summed E-state index contributed by atoms with van der Waals surface area (Å²) in [6, 6.07) is -0.215. The molecule has 16 heavy (non-hydrogen) atoms. The number of carboxylic acids is 1. The number of amides is 1. The molecule has 1 heterocycles. The molecule has 0 aliphatic rings. The van der Waals surface area contributed by atoms with Crippen LogP contribution in [0.15, 0.2) is 10.8 Å². The van der Waals surface area contributed by atoms with Gasteiger partial charge in [-0.15, -0.1) is 0 Å². The number of carboxylic acid groups (broad SMARTS) is 1. The SMILES string of the molecule is Cc1ncoc1C(=O)N(CC(=O)O)C(C)C.